The zero-order valence-electron chi connectivity index (χ0n) is 17.7. The lowest BCUT2D eigenvalue weighted by Crippen LogP contribution is -2.44. The van der Waals surface area contributed by atoms with E-state index in [2.05, 4.69) is 19.8 Å². The summed E-state index contributed by atoms with van der Waals surface area (Å²) >= 11 is 1.13. The van der Waals surface area contributed by atoms with E-state index >= 15 is 0 Å². The minimum atomic E-state index is -4.20. The normalized spacial score (nSPS) is 23.3. The molecule has 0 N–H and O–H groups in total. The second-order valence-electron chi connectivity index (χ2n) is 9.45. The maximum atomic E-state index is 12.8. The van der Waals surface area contributed by atoms with Gasteiger partial charge in [0.1, 0.15) is 17.0 Å². The van der Waals surface area contributed by atoms with Gasteiger partial charge in [-0.2, -0.15) is 13.2 Å². The fourth-order valence-corrected chi connectivity index (χ4v) is 6.48. The molecule has 0 atom stereocenters. The van der Waals surface area contributed by atoms with Crippen LogP contribution in [-0.2, 0) is 11.2 Å². The number of anilines is 1. The Morgan fingerprint density at radius 1 is 1.10 bits per heavy atom. The molecule has 0 aliphatic carbocycles. The zero-order valence-corrected chi connectivity index (χ0v) is 18.5. The SMILES string of the molecule is FC(F)(F)Cc1cc2c(N3CCC4(CCN(CC5CCOCC5)CC4)C3)ncnc2s1. The van der Waals surface area contributed by atoms with E-state index in [0.29, 0.717) is 15.1 Å². The Kier molecular flexibility index (Phi) is 5.85. The number of hydrogen-bond donors (Lipinski definition) is 0. The van der Waals surface area contributed by atoms with Gasteiger partial charge in [-0.25, -0.2) is 9.97 Å². The molecule has 9 heteroatoms. The van der Waals surface area contributed by atoms with Gasteiger partial charge in [-0.05, 0) is 62.6 Å². The summed E-state index contributed by atoms with van der Waals surface area (Å²) in [5.74, 6) is 1.57. The van der Waals surface area contributed by atoms with Crippen LogP contribution in [0, 0.1) is 11.3 Å². The Morgan fingerprint density at radius 3 is 2.58 bits per heavy atom. The molecule has 0 aromatic carbocycles. The van der Waals surface area contributed by atoms with Crippen molar-refractivity contribution in [2.24, 2.45) is 11.3 Å². The van der Waals surface area contributed by atoms with E-state index in [0.717, 1.165) is 74.3 Å². The summed E-state index contributed by atoms with van der Waals surface area (Å²) in [4.78, 5) is 14.6. The van der Waals surface area contributed by atoms with Crippen LogP contribution in [0.15, 0.2) is 12.4 Å². The summed E-state index contributed by atoms with van der Waals surface area (Å²) in [5, 5.41) is 0.765. The molecule has 1 spiro atoms. The molecular formula is C22H29F3N4OS. The molecule has 0 amide bonds. The third kappa shape index (κ3) is 4.83. The molecule has 3 fully saturated rings. The Labute approximate surface area is 184 Å². The number of thiophene rings is 1. The second kappa shape index (κ2) is 8.48. The van der Waals surface area contributed by atoms with Crippen molar-refractivity contribution in [3.05, 3.63) is 17.3 Å². The molecule has 5 rings (SSSR count). The van der Waals surface area contributed by atoms with Crippen LogP contribution in [0.5, 0.6) is 0 Å². The maximum absolute atomic E-state index is 12.8. The fourth-order valence-electron chi connectivity index (χ4n) is 5.46. The molecule has 2 aromatic rings. The van der Waals surface area contributed by atoms with Crippen molar-refractivity contribution in [2.45, 2.75) is 44.7 Å². The Bertz CT molecular complexity index is 904. The van der Waals surface area contributed by atoms with Gasteiger partial charge in [0, 0.05) is 37.7 Å². The van der Waals surface area contributed by atoms with Gasteiger partial charge < -0.3 is 14.5 Å². The molecule has 0 bridgehead atoms. The van der Waals surface area contributed by atoms with Gasteiger partial charge in [-0.1, -0.05) is 0 Å². The molecule has 2 aromatic heterocycles. The summed E-state index contributed by atoms with van der Waals surface area (Å²) in [6.45, 7) is 7.12. The monoisotopic (exact) mass is 454 g/mol. The van der Waals surface area contributed by atoms with E-state index in [9.17, 15) is 13.2 Å². The summed E-state index contributed by atoms with van der Waals surface area (Å²) in [5.41, 5.74) is 0.300. The summed E-state index contributed by atoms with van der Waals surface area (Å²) < 4.78 is 44.0. The van der Waals surface area contributed by atoms with Gasteiger partial charge in [0.15, 0.2) is 0 Å². The average molecular weight is 455 g/mol. The van der Waals surface area contributed by atoms with Crippen LogP contribution in [0.25, 0.3) is 10.2 Å². The van der Waals surface area contributed by atoms with Crippen molar-refractivity contribution < 1.29 is 17.9 Å². The Balaban J connectivity index is 1.24. The van der Waals surface area contributed by atoms with Crippen LogP contribution in [0.3, 0.4) is 0 Å². The van der Waals surface area contributed by atoms with E-state index < -0.39 is 12.6 Å². The number of likely N-dealkylation sites (tertiary alicyclic amines) is 1. The van der Waals surface area contributed by atoms with Crippen molar-refractivity contribution >= 4 is 27.4 Å². The number of hydrogen-bond acceptors (Lipinski definition) is 6. The third-order valence-corrected chi connectivity index (χ3v) is 8.29. The number of aromatic nitrogens is 2. The van der Waals surface area contributed by atoms with Crippen molar-refractivity contribution in [3.8, 4) is 0 Å². The Morgan fingerprint density at radius 2 is 1.84 bits per heavy atom. The summed E-state index contributed by atoms with van der Waals surface area (Å²) in [6.07, 6.45) is 2.24. The minimum absolute atomic E-state index is 0.300. The summed E-state index contributed by atoms with van der Waals surface area (Å²) in [7, 11) is 0. The molecule has 0 radical (unpaired) electrons. The first-order valence-electron chi connectivity index (χ1n) is 11.2. The van der Waals surface area contributed by atoms with Gasteiger partial charge in [0.2, 0.25) is 0 Å². The van der Waals surface area contributed by atoms with Gasteiger partial charge in [-0.3, -0.25) is 0 Å². The predicted molar refractivity (Wildman–Crippen MR) is 116 cm³/mol. The lowest BCUT2D eigenvalue weighted by molar-refractivity contribution is -0.126. The second-order valence-corrected chi connectivity index (χ2v) is 10.6. The first-order chi connectivity index (χ1) is 14.9. The van der Waals surface area contributed by atoms with E-state index in [-0.39, 0.29) is 0 Å². The predicted octanol–water partition coefficient (Wildman–Crippen LogP) is 4.52. The highest BCUT2D eigenvalue weighted by Crippen LogP contribution is 2.43. The third-order valence-electron chi connectivity index (χ3n) is 7.25. The average Bonchev–Trinajstić information content (AvgIpc) is 3.33. The quantitative estimate of drug-likeness (QED) is 0.680. The van der Waals surface area contributed by atoms with Crippen molar-refractivity contribution in [3.63, 3.8) is 0 Å². The number of piperidine rings is 1. The van der Waals surface area contributed by atoms with Gasteiger partial charge in [0.25, 0.3) is 0 Å². The molecule has 0 unspecified atom stereocenters. The Hall–Kier alpha value is -1.45. The lowest BCUT2D eigenvalue weighted by Gasteiger charge is -2.41. The number of fused-ring (bicyclic) bond motifs is 1. The van der Waals surface area contributed by atoms with E-state index in [1.165, 1.54) is 38.6 Å². The standard InChI is InChI=1S/C22H29F3N4OS/c23-22(24,25)12-17-11-18-19(26-15-27-20(18)31-17)29-8-5-21(14-29)3-6-28(7-4-21)13-16-1-9-30-10-2-16/h11,15-16H,1-10,12-14H2. The highest BCUT2D eigenvalue weighted by atomic mass is 32.1. The molecular weight excluding hydrogens is 425 g/mol. The number of rotatable bonds is 4. The first-order valence-corrected chi connectivity index (χ1v) is 12.1. The van der Waals surface area contributed by atoms with Crippen LogP contribution in [0.4, 0.5) is 19.0 Å². The van der Waals surface area contributed by atoms with Gasteiger partial charge in [0.05, 0.1) is 11.8 Å². The molecule has 170 valence electrons. The molecule has 5 heterocycles. The molecule has 3 aliphatic heterocycles. The molecule has 3 aliphatic rings. The maximum Gasteiger partial charge on any atom is 0.393 e. The number of nitrogens with zero attached hydrogens (tertiary/aromatic N) is 4. The van der Waals surface area contributed by atoms with Crippen LogP contribution in [-0.4, -0.2) is 67.0 Å². The van der Waals surface area contributed by atoms with Crippen LogP contribution in [0.1, 0.15) is 37.0 Å². The molecule has 31 heavy (non-hydrogen) atoms. The highest BCUT2D eigenvalue weighted by Gasteiger charge is 2.41. The fraction of sp³-hybridized carbons (Fsp3) is 0.727. The topological polar surface area (TPSA) is 41.5 Å². The molecule has 0 saturated carbocycles. The van der Waals surface area contributed by atoms with Crippen LogP contribution in [0.2, 0.25) is 0 Å². The minimum Gasteiger partial charge on any atom is -0.381 e. The van der Waals surface area contributed by atoms with Gasteiger partial charge >= 0.3 is 6.18 Å². The zero-order chi connectivity index (χ0) is 21.5. The van der Waals surface area contributed by atoms with Crippen LogP contribution >= 0.6 is 11.3 Å². The number of alkyl halides is 3. The van der Waals surface area contributed by atoms with Gasteiger partial charge in [-0.15, -0.1) is 11.3 Å². The largest absolute Gasteiger partial charge is 0.393 e. The van der Waals surface area contributed by atoms with Crippen LogP contribution < -0.4 is 4.90 Å². The van der Waals surface area contributed by atoms with E-state index in [1.54, 1.807) is 6.07 Å². The smallest absolute Gasteiger partial charge is 0.381 e. The molecule has 3 saturated heterocycles. The number of ether oxygens (including phenoxy) is 1. The first kappa shape index (κ1) is 21.4. The number of halogens is 3. The highest BCUT2D eigenvalue weighted by molar-refractivity contribution is 7.18. The van der Waals surface area contributed by atoms with Crippen molar-refractivity contribution in [1.29, 1.82) is 0 Å². The molecule has 5 nitrogen and oxygen atoms in total. The lowest BCUT2D eigenvalue weighted by atomic mass is 9.77. The van der Waals surface area contributed by atoms with E-state index in [4.69, 9.17) is 4.74 Å². The van der Waals surface area contributed by atoms with Crippen molar-refractivity contribution in [1.82, 2.24) is 14.9 Å². The summed E-state index contributed by atoms with van der Waals surface area (Å²) in [6, 6.07) is 1.64. The van der Waals surface area contributed by atoms with E-state index in [1.807, 2.05) is 0 Å². The van der Waals surface area contributed by atoms with Crippen molar-refractivity contribution in [2.75, 3.05) is 50.8 Å².